The Morgan fingerprint density at radius 2 is 2.26 bits per heavy atom. The van der Waals surface area contributed by atoms with Gasteiger partial charge in [0, 0.05) is 6.54 Å². The Kier molecular flexibility index (Phi) is 5.32. The van der Waals surface area contributed by atoms with Gasteiger partial charge in [0.1, 0.15) is 12.8 Å². The Morgan fingerprint density at radius 3 is 2.89 bits per heavy atom. The molecule has 0 saturated carbocycles. The van der Waals surface area contributed by atoms with Gasteiger partial charge in [-0.1, -0.05) is 30.3 Å². The van der Waals surface area contributed by atoms with Gasteiger partial charge in [-0.2, -0.15) is 0 Å². The second-order valence-electron chi connectivity index (χ2n) is 4.38. The maximum Gasteiger partial charge on any atom is 0.327 e. The minimum Gasteiger partial charge on any atom is -0.468 e. The zero-order valence-electron chi connectivity index (χ0n) is 11.0. The monoisotopic (exact) mass is 265 g/mol. The van der Waals surface area contributed by atoms with Gasteiger partial charge in [0.15, 0.2) is 0 Å². The fraction of sp³-hybridized carbons (Fsp3) is 0.500. The molecule has 1 saturated heterocycles. The maximum atomic E-state index is 11.8. The topological polar surface area (TPSA) is 56.8 Å². The van der Waals surface area contributed by atoms with Crippen molar-refractivity contribution in [2.24, 2.45) is 0 Å². The average molecular weight is 265 g/mol. The first-order chi connectivity index (χ1) is 9.31. The molecule has 0 radical (unpaired) electrons. The van der Waals surface area contributed by atoms with Crippen LogP contribution in [-0.2, 0) is 19.0 Å². The summed E-state index contributed by atoms with van der Waals surface area (Å²) in [5.74, 6) is -0.293. The first kappa shape index (κ1) is 14.0. The van der Waals surface area contributed by atoms with Crippen molar-refractivity contribution in [3.63, 3.8) is 0 Å². The Morgan fingerprint density at radius 1 is 1.47 bits per heavy atom. The van der Waals surface area contributed by atoms with Crippen LogP contribution in [0.1, 0.15) is 18.0 Å². The summed E-state index contributed by atoms with van der Waals surface area (Å²) >= 11 is 0. The Balaban J connectivity index is 1.96. The Bertz CT molecular complexity index is 390. The van der Waals surface area contributed by atoms with E-state index in [9.17, 15) is 4.79 Å². The van der Waals surface area contributed by atoms with E-state index in [-0.39, 0.29) is 12.1 Å². The molecule has 2 unspecified atom stereocenters. The van der Waals surface area contributed by atoms with Gasteiger partial charge >= 0.3 is 5.97 Å². The lowest BCUT2D eigenvalue weighted by Gasteiger charge is -2.25. The molecule has 1 fully saturated rings. The highest BCUT2D eigenvalue weighted by Gasteiger charge is 2.23. The molecule has 5 nitrogen and oxygen atoms in total. The van der Waals surface area contributed by atoms with Gasteiger partial charge in [0.05, 0.1) is 19.8 Å². The lowest BCUT2D eigenvalue weighted by molar-refractivity contribution is -0.146. The van der Waals surface area contributed by atoms with Crippen LogP contribution in [0, 0.1) is 0 Å². The lowest BCUT2D eigenvalue weighted by Crippen LogP contribution is -2.38. The molecule has 0 aromatic heterocycles. The molecular weight excluding hydrogens is 246 g/mol. The molecule has 104 valence electrons. The molecule has 1 aromatic rings. The van der Waals surface area contributed by atoms with Crippen LogP contribution < -0.4 is 5.32 Å². The highest BCUT2D eigenvalue weighted by Crippen LogP contribution is 2.15. The highest BCUT2D eigenvalue weighted by atomic mass is 16.7. The Labute approximate surface area is 112 Å². The van der Waals surface area contributed by atoms with E-state index in [4.69, 9.17) is 14.2 Å². The number of hydrogen-bond acceptors (Lipinski definition) is 5. The van der Waals surface area contributed by atoms with E-state index < -0.39 is 6.04 Å². The van der Waals surface area contributed by atoms with E-state index in [1.54, 1.807) is 0 Å². The van der Waals surface area contributed by atoms with Gasteiger partial charge in [-0.25, -0.2) is 4.79 Å². The van der Waals surface area contributed by atoms with E-state index in [1.165, 1.54) is 7.11 Å². The van der Waals surface area contributed by atoms with Gasteiger partial charge < -0.3 is 14.2 Å². The third kappa shape index (κ3) is 4.02. The van der Waals surface area contributed by atoms with Gasteiger partial charge in [-0.3, -0.25) is 5.32 Å². The largest absolute Gasteiger partial charge is 0.468 e. The van der Waals surface area contributed by atoms with Gasteiger partial charge in [-0.15, -0.1) is 0 Å². The number of esters is 1. The number of carbonyl (C=O) groups excluding carboxylic acids is 1. The van der Waals surface area contributed by atoms with Crippen LogP contribution >= 0.6 is 0 Å². The third-order valence-corrected chi connectivity index (χ3v) is 3.09. The zero-order valence-corrected chi connectivity index (χ0v) is 11.0. The van der Waals surface area contributed by atoms with Crippen molar-refractivity contribution in [1.82, 2.24) is 5.32 Å². The number of methoxy groups -OCH3 is 1. The molecule has 1 aliphatic heterocycles. The molecule has 0 aliphatic carbocycles. The summed E-state index contributed by atoms with van der Waals surface area (Å²) in [6.07, 6.45) is 0.903. The first-order valence-corrected chi connectivity index (χ1v) is 6.36. The van der Waals surface area contributed by atoms with Crippen LogP contribution in [0.3, 0.4) is 0 Å². The fourth-order valence-electron chi connectivity index (χ4n) is 2.01. The summed E-state index contributed by atoms with van der Waals surface area (Å²) in [4.78, 5) is 11.8. The minimum atomic E-state index is -0.461. The number of ether oxygens (including phenoxy) is 3. The summed E-state index contributed by atoms with van der Waals surface area (Å²) in [5, 5.41) is 3.20. The molecule has 1 aromatic carbocycles. The standard InChI is InChI=1S/C14H19NO4/c1-17-14(16)13(11-5-3-2-4-6-11)15-9-12-7-8-18-10-19-12/h2-6,12-13,15H,7-10H2,1H3. The van der Waals surface area contributed by atoms with Crippen molar-refractivity contribution in [2.45, 2.75) is 18.6 Å². The number of rotatable bonds is 5. The van der Waals surface area contributed by atoms with Crippen molar-refractivity contribution in [2.75, 3.05) is 27.1 Å². The van der Waals surface area contributed by atoms with E-state index in [2.05, 4.69) is 5.32 Å². The Hall–Kier alpha value is -1.43. The summed E-state index contributed by atoms with van der Waals surface area (Å²) in [6, 6.07) is 9.06. The third-order valence-electron chi connectivity index (χ3n) is 3.09. The zero-order chi connectivity index (χ0) is 13.5. The summed E-state index contributed by atoms with van der Waals surface area (Å²) in [7, 11) is 1.39. The molecule has 1 heterocycles. The van der Waals surface area contributed by atoms with E-state index >= 15 is 0 Å². The smallest absolute Gasteiger partial charge is 0.327 e. The average Bonchev–Trinajstić information content (AvgIpc) is 2.49. The van der Waals surface area contributed by atoms with Crippen LogP contribution in [0.2, 0.25) is 0 Å². The molecule has 1 aliphatic rings. The summed E-state index contributed by atoms with van der Waals surface area (Å²) in [5.41, 5.74) is 0.890. The maximum absolute atomic E-state index is 11.8. The van der Waals surface area contributed by atoms with Crippen LogP contribution in [0.5, 0.6) is 0 Å². The number of carbonyl (C=O) groups is 1. The molecule has 1 N–H and O–H groups in total. The second-order valence-corrected chi connectivity index (χ2v) is 4.38. The molecule has 2 rings (SSSR count). The van der Waals surface area contributed by atoms with Crippen LogP contribution in [0.25, 0.3) is 0 Å². The normalized spacial score (nSPS) is 20.8. The van der Waals surface area contributed by atoms with Crippen molar-refractivity contribution in [3.05, 3.63) is 35.9 Å². The van der Waals surface area contributed by atoms with Crippen LogP contribution in [-0.4, -0.2) is 39.1 Å². The minimum absolute atomic E-state index is 0.0737. The number of hydrogen-bond donors (Lipinski definition) is 1. The fourth-order valence-corrected chi connectivity index (χ4v) is 2.01. The number of benzene rings is 1. The van der Waals surface area contributed by atoms with Gasteiger partial charge in [0.25, 0.3) is 0 Å². The van der Waals surface area contributed by atoms with Crippen molar-refractivity contribution in [1.29, 1.82) is 0 Å². The van der Waals surface area contributed by atoms with E-state index in [1.807, 2.05) is 30.3 Å². The molecule has 0 amide bonds. The summed E-state index contributed by atoms with van der Waals surface area (Å²) < 4.78 is 15.4. The second kappa shape index (κ2) is 7.23. The van der Waals surface area contributed by atoms with Crippen molar-refractivity contribution < 1.29 is 19.0 Å². The van der Waals surface area contributed by atoms with Gasteiger partial charge in [0.2, 0.25) is 0 Å². The van der Waals surface area contributed by atoms with Crippen molar-refractivity contribution >= 4 is 5.97 Å². The molecule has 19 heavy (non-hydrogen) atoms. The molecular formula is C14H19NO4. The van der Waals surface area contributed by atoms with Gasteiger partial charge in [-0.05, 0) is 12.0 Å². The molecule has 0 spiro atoms. The molecule has 2 atom stereocenters. The van der Waals surface area contributed by atoms with Crippen LogP contribution in [0.15, 0.2) is 30.3 Å². The first-order valence-electron chi connectivity index (χ1n) is 6.36. The SMILES string of the molecule is COC(=O)C(NCC1CCOCO1)c1ccccc1. The molecule has 5 heteroatoms. The van der Waals surface area contributed by atoms with Crippen LogP contribution in [0.4, 0.5) is 0 Å². The lowest BCUT2D eigenvalue weighted by atomic mass is 10.1. The predicted octanol–water partition coefficient (Wildman–Crippen LogP) is 1.25. The quantitative estimate of drug-likeness (QED) is 0.812. The predicted molar refractivity (Wildman–Crippen MR) is 69.5 cm³/mol. The van der Waals surface area contributed by atoms with Crippen molar-refractivity contribution in [3.8, 4) is 0 Å². The number of nitrogens with one attached hydrogen (secondary N) is 1. The summed E-state index contributed by atoms with van der Waals surface area (Å²) in [6.45, 7) is 1.61. The van der Waals surface area contributed by atoms with E-state index in [0.717, 1.165) is 12.0 Å². The van der Waals surface area contributed by atoms with E-state index in [0.29, 0.717) is 19.9 Å². The molecule has 0 bridgehead atoms. The highest BCUT2D eigenvalue weighted by molar-refractivity contribution is 5.77.